The lowest BCUT2D eigenvalue weighted by molar-refractivity contribution is 0.102. The number of hydrogen-bond donors (Lipinski definition) is 1. The van der Waals surface area contributed by atoms with Gasteiger partial charge in [-0.1, -0.05) is 18.2 Å². The fourth-order valence-corrected chi connectivity index (χ4v) is 3.40. The van der Waals surface area contributed by atoms with Crippen molar-refractivity contribution in [3.8, 4) is 0 Å². The fourth-order valence-electron chi connectivity index (χ4n) is 3.40. The molecule has 1 unspecified atom stereocenters. The van der Waals surface area contributed by atoms with Crippen molar-refractivity contribution in [2.75, 3.05) is 5.32 Å². The minimum atomic E-state index is -0.625. The summed E-state index contributed by atoms with van der Waals surface area (Å²) >= 11 is 0. The van der Waals surface area contributed by atoms with Crippen molar-refractivity contribution in [3.05, 3.63) is 94.0 Å². The Kier molecular flexibility index (Phi) is 5.38. The van der Waals surface area contributed by atoms with Crippen LogP contribution >= 0.6 is 0 Å². The first kappa shape index (κ1) is 19.5. The van der Waals surface area contributed by atoms with E-state index in [4.69, 9.17) is 0 Å². The van der Waals surface area contributed by atoms with E-state index >= 15 is 0 Å². The highest BCUT2D eigenvalue weighted by molar-refractivity contribution is 6.05. The number of amides is 1. The maximum absolute atomic E-state index is 14.0. The van der Waals surface area contributed by atoms with E-state index in [9.17, 15) is 18.5 Å². The summed E-state index contributed by atoms with van der Waals surface area (Å²) in [7, 11) is 0. The van der Waals surface area contributed by atoms with Crippen LogP contribution in [0.3, 0.4) is 0 Å². The van der Waals surface area contributed by atoms with E-state index in [0.717, 1.165) is 5.56 Å². The summed E-state index contributed by atoms with van der Waals surface area (Å²) < 4.78 is 28.0. The zero-order chi connectivity index (χ0) is 21.1. The van der Waals surface area contributed by atoms with Gasteiger partial charge in [-0.2, -0.15) is 0 Å². The summed E-state index contributed by atoms with van der Waals surface area (Å²) in [4.78, 5) is 31.7. The van der Waals surface area contributed by atoms with Gasteiger partial charge in [0.25, 0.3) is 5.91 Å². The standard InChI is InChI=1S/C22H16F2N4O2/c23-15-3-1-4-16(24)20(15)18-11-10-17(26-18)13-6-8-14(9-7-13)22(29)27-21-19(28-30)5-2-12-25-21/h1-9,12,17H,10-11H2,(H,25,27,29). The van der Waals surface area contributed by atoms with Gasteiger partial charge in [0.1, 0.15) is 11.6 Å². The largest absolute Gasteiger partial charge is 0.305 e. The monoisotopic (exact) mass is 406 g/mol. The van der Waals surface area contributed by atoms with E-state index in [1.54, 1.807) is 30.3 Å². The highest BCUT2D eigenvalue weighted by atomic mass is 19.1. The molecule has 3 aromatic rings. The van der Waals surface area contributed by atoms with E-state index in [1.807, 2.05) is 0 Å². The minimum absolute atomic E-state index is 0.0377. The Morgan fingerprint density at radius 1 is 1.03 bits per heavy atom. The molecule has 30 heavy (non-hydrogen) atoms. The minimum Gasteiger partial charge on any atom is -0.305 e. The van der Waals surface area contributed by atoms with Gasteiger partial charge in [0.2, 0.25) is 0 Å². The van der Waals surface area contributed by atoms with Crippen molar-refractivity contribution in [2.24, 2.45) is 10.2 Å². The van der Waals surface area contributed by atoms with Crippen LogP contribution in [0.25, 0.3) is 0 Å². The second-order valence-corrected chi connectivity index (χ2v) is 6.77. The Hall–Kier alpha value is -3.81. The van der Waals surface area contributed by atoms with Crippen molar-refractivity contribution in [1.82, 2.24) is 4.98 Å². The summed E-state index contributed by atoms with van der Waals surface area (Å²) in [6, 6.07) is 13.3. The SMILES string of the molecule is O=Nc1cccnc1NC(=O)c1ccc(C2CCC(c3c(F)cccc3F)=N2)cc1. The molecule has 0 spiro atoms. The molecule has 0 saturated heterocycles. The molecule has 1 atom stereocenters. The number of anilines is 1. The van der Waals surface area contributed by atoms with Crippen LogP contribution in [-0.2, 0) is 0 Å². The fraction of sp³-hybridized carbons (Fsp3) is 0.136. The molecule has 2 heterocycles. The molecule has 2 aromatic carbocycles. The molecule has 150 valence electrons. The molecule has 0 aliphatic carbocycles. The second-order valence-electron chi connectivity index (χ2n) is 6.77. The Balaban J connectivity index is 1.51. The topological polar surface area (TPSA) is 83.8 Å². The number of halogens is 2. The number of aromatic nitrogens is 1. The van der Waals surface area contributed by atoms with Crippen LogP contribution in [-0.4, -0.2) is 16.6 Å². The number of nitrogens with zero attached hydrogens (tertiary/aromatic N) is 3. The van der Waals surface area contributed by atoms with Crippen molar-refractivity contribution >= 4 is 23.1 Å². The molecule has 1 aromatic heterocycles. The molecule has 0 saturated carbocycles. The number of hydrogen-bond acceptors (Lipinski definition) is 5. The quantitative estimate of drug-likeness (QED) is 0.581. The summed E-state index contributed by atoms with van der Waals surface area (Å²) in [5, 5.41) is 5.39. The zero-order valence-corrected chi connectivity index (χ0v) is 15.7. The maximum atomic E-state index is 14.0. The molecule has 0 fully saturated rings. The predicted octanol–water partition coefficient (Wildman–Crippen LogP) is 5.33. The molecule has 1 N–H and O–H groups in total. The lowest BCUT2D eigenvalue weighted by Gasteiger charge is -2.09. The summed E-state index contributed by atoms with van der Waals surface area (Å²) in [6.07, 6.45) is 2.53. The van der Waals surface area contributed by atoms with Crippen LogP contribution < -0.4 is 5.32 Å². The summed E-state index contributed by atoms with van der Waals surface area (Å²) in [5.41, 5.74) is 1.57. The third-order valence-electron chi connectivity index (χ3n) is 4.89. The van der Waals surface area contributed by atoms with Crippen molar-refractivity contribution in [2.45, 2.75) is 18.9 Å². The lowest BCUT2D eigenvalue weighted by atomic mass is 10.0. The summed E-state index contributed by atoms with van der Waals surface area (Å²) in [5.74, 6) is -1.60. The van der Waals surface area contributed by atoms with Crippen LogP contribution in [0.4, 0.5) is 20.3 Å². The van der Waals surface area contributed by atoms with E-state index in [0.29, 0.717) is 24.1 Å². The molecule has 4 rings (SSSR count). The first-order chi connectivity index (χ1) is 14.6. The second kappa shape index (κ2) is 8.28. The van der Waals surface area contributed by atoms with Gasteiger partial charge in [-0.3, -0.25) is 9.79 Å². The first-order valence-electron chi connectivity index (χ1n) is 9.27. The van der Waals surface area contributed by atoms with Gasteiger partial charge in [-0.05, 0) is 60.0 Å². The number of carbonyl (C=O) groups is 1. The molecule has 1 amide bonds. The van der Waals surface area contributed by atoms with Gasteiger partial charge < -0.3 is 5.32 Å². The van der Waals surface area contributed by atoms with Crippen molar-refractivity contribution in [3.63, 3.8) is 0 Å². The van der Waals surface area contributed by atoms with Crippen LogP contribution in [0.1, 0.15) is 40.4 Å². The van der Waals surface area contributed by atoms with Gasteiger partial charge in [0.15, 0.2) is 11.5 Å². The third-order valence-corrected chi connectivity index (χ3v) is 4.89. The third kappa shape index (κ3) is 3.84. The Morgan fingerprint density at radius 2 is 1.77 bits per heavy atom. The highest BCUT2D eigenvalue weighted by Crippen LogP contribution is 2.32. The van der Waals surface area contributed by atoms with Gasteiger partial charge >= 0.3 is 0 Å². The van der Waals surface area contributed by atoms with Gasteiger partial charge in [-0.25, -0.2) is 13.8 Å². The Bertz CT molecular complexity index is 1130. The molecule has 0 bridgehead atoms. The van der Waals surface area contributed by atoms with Crippen LogP contribution in [0.2, 0.25) is 0 Å². The zero-order valence-electron chi connectivity index (χ0n) is 15.7. The number of benzene rings is 2. The number of nitroso groups, excluding NO2 is 1. The molecule has 8 heteroatoms. The number of carbonyl (C=O) groups excluding carboxylic acids is 1. The van der Waals surface area contributed by atoms with E-state index in [1.165, 1.54) is 30.5 Å². The maximum Gasteiger partial charge on any atom is 0.256 e. The van der Waals surface area contributed by atoms with Crippen LogP contribution in [0, 0.1) is 16.5 Å². The molecule has 1 aliphatic heterocycles. The summed E-state index contributed by atoms with van der Waals surface area (Å²) in [6.45, 7) is 0. The number of aliphatic imine (C=N–C) groups is 1. The average molecular weight is 406 g/mol. The molecule has 1 aliphatic rings. The lowest BCUT2D eigenvalue weighted by Crippen LogP contribution is -2.13. The van der Waals surface area contributed by atoms with E-state index < -0.39 is 17.5 Å². The van der Waals surface area contributed by atoms with Crippen LogP contribution in [0.15, 0.2) is 71.0 Å². The number of rotatable bonds is 5. The number of pyridine rings is 1. The van der Waals surface area contributed by atoms with Gasteiger partial charge in [0, 0.05) is 17.5 Å². The van der Waals surface area contributed by atoms with Gasteiger partial charge in [0.05, 0.1) is 11.6 Å². The molecular weight excluding hydrogens is 390 g/mol. The van der Waals surface area contributed by atoms with E-state index in [2.05, 4.69) is 20.5 Å². The van der Waals surface area contributed by atoms with Crippen molar-refractivity contribution in [1.29, 1.82) is 0 Å². The van der Waals surface area contributed by atoms with Gasteiger partial charge in [-0.15, -0.1) is 4.91 Å². The Morgan fingerprint density at radius 3 is 2.47 bits per heavy atom. The average Bonchev–Trinajstić information content (AvgIpc) is 3.24. The predicted molar refractivity (Wildman–Crippen MR) is 109 cm³/mol. The van der Waals surface area contributed by atoms with E-state index in [-0.39, 0.29) is 23.1 Å². The number of nitrogens with one attached hydrogen (secondary N) is 1. The molecule has 6 nitrogen and oxygen atoms in total. The molecule has 0 radical (unpaired) electrons. The van der Waals surface area contributed by atoms with Crippen LogP contribution in [0.5, 0.6) is 0 Å². The first-order valence-corrected chi connectivity index (χ1v) is 9.27. The molecular formula is C22H16F2N4O2. The van der Waals surface area contributed by atoms with Crippen molar-refractivity contribution < 1.29 is 13.6 Å². The normalized spacial score (nSPS) is 15.5. The highest BCUT2D eigenvalue weighted by Gasteiger charge is 2.24. The smallest absolute Gasteiger partial charge is 0.256 e. The Labute approximate surface area is 170 Å².